The molecule has 0 aliphatic heterocycles. The molecule has 2 heteroatoms. The Hall–Kier alpha value is -0.530. The summed E-state index contributed by atoms with van der Waals surface area (Å²) in [4.78, 5) is 12.5. The van der Waals surface area contributed by atoms with Crippen LogP contribution in [0.3, 0.4) is 0 Å². The SMILES string of the molecule is CCCOC(=O)C(C)(CC(C)(C)C)C(C)(C)CC. The van der Waals surface area contributed by atoms with Crippen LogP contribution in [0.15, 0.2) is 0 Å². The van der Waals surface area contributed by atoms with E-state index in [0.717, 1.165) is 19.3 Å². The van der Waals surface area contributed by atoms with Crippen molar-refractivity contribution in [3.63, 3.8) is 0 Å². The predicted octanol–water partition coefficient (Wildman–Crippen LogP) is 4.82. The number of esters is 1. The molecule has 0 heterocycles. The smallest absolute Gasteiger partial charge is 0.312 e. The number of hydrogen-bond donors (Lipinski definition) is 0. The minimum Gasteiger partial charge on any atom is -0.465 e. The summed E-state index contributed by atoms with van der Waals surface area (Å²) in [6.45, 7) is 17.7. The van der Waals surface area contributed by atoms with E-state index in [9.17, 15) is 4.79 Å². The van der Waals surface area contributed by atoms with E-state index >= 15 is 0 Å². The van der Waals surface area contributed by atoms with E-state index in [1.165, 1.54) is 0 Å². The highest BCUT2D eigenvalue weighted by molar-refractivity contribution is 5.77. The molecule has 0 aromatic heterocycles. The van der Waals surface area contributed by atoms with Crippen LogP contribution in [0.2, 0.25) is 0 Å². The van der Waals surface area contributed by atoms with Gasteiger partial charge in [0.2, 0.25) is 0 Å². The molecule has 0 rings (SSSR count). The van der Waals surface area contributed by atoms with Gasteiger partial charge < -0.3 is 4.74 Å². The van der Waals surface area contributed by atoms with Crippen molar-refractivity contribution < 1.29 is 9.53 Å². The summed E-state index contributed by atoms with van der Waals surface area (Å²) in [5.41, 5.74) is -0.354. The highest BCUT2D eigenvalue weighted by Gasteiger charge is 2.49. The maximum atomic E-state index is 12.5. The Bertz CT molecular complexity index is 273. The fourth-order valence-electron chi connectivity index (χ4n) is 2.39. The van der Waals surface area contributed by atoms with Crippen molar-refractivity contribution in [2.45, 2.75) is 74.7 Å². The van der Waals surface area contributed by atoms with E-state index in [4.69, 9.17) is 4.74 Å². The minimum absolute atomic E-state index is 0.0360. The summed E-state index contributed by atoms with van der Waals surface area (Å²) in [5, 5.41) is 0. The quantitative estimate of drug-likeness (QED) is 0.637. The normalized spacial score (nSPS) is 16.2. The molecule has 0 saturated carbocycles. The maximum absolute atomic E-state index is 12.5. The fraction of sp³-hybridized carbons (Fsp3) is 0.938. The topological polar surface area (TPSA) is 26.3 Å². The predicted molar refractivity (Wildman–Crippen MR) is 77.5 cm³/mol. The molecule has 0 saturated heterocycles. The number of carbonyl (C=O) groups excluding carboxylic acids is 1. The molecule has 0 aliphatic rings. The standard InChI is InChI=1S/C16H32O2/c1-9-11-18-13(17)16(8,12-14(3,4)5)15(6,7)10-2/h9-12H2,1-8H3. The third-order valence-corrected chi connectivity index (χ3v) is 4.15. The lowest BCUT2D eigenvalue weighted by atomic mass is 9.59. The van der Waals surface area contributed by atoms with E-state index in [-0.39, 0.29) is 16.8 Å². The van der Waals surface area contributed by atoms with E-state index < -0.39 is 5.41 Å². The van der Waals surface area contributed by atoms with Crippen LogP contribution < -0.4 is 0 Å². The van der Waals surface area contributed by atoms with Crippen LogP contribution in [0.5, 0.6) is 0 Å². The highest BCUT2D eigenvalue weighted by Crippen LogP contribution is 2.49. The Balaban J connectivity index is 5.22. The zero-order chi connectivity index (χ0) is 14.6. The van der Waals surface area contributed by atoms with E-state index in [0.29, 0.717) is 6.61 Å². The number of ether oxygens (including phenoxy) is 1. The first-order chi connectivity index (χ1) is 8.00. The van der Waals surface area contributed by atoms with Crippen molar-refractivity contribution >= 4 is 5.97 Å². The van der Waals surface area contributed by atoms with Gasteiger partial charge in [0.1, 0.15) is 0 Å². The van der Waals surface area contributed by atoms with E-state index in [2.05, 4.69) is 48.5 Å². The Morgan fingerprint density at radius 2 is 1.50 bits per heavy atom. The van der Waals surface area contributed by atoms with Crippen molar-refractivity contribution in [1.82, 2.24) is 0 Å². The summed E-state index contributed by atoms with van der Waals surface area (Å²) in [6.07, 6.45) is 2.70. The summed E-state index contributed by atoms with van der Waals surface area (Å²) in [7, 11) is 0. The lowest BCUT2D eigenvalue weighted by Crippen LogP contribution is -2.45. The van der Waals surface area contributed by atoms with Crippen LogP contribution in [0.4, 0.5) is 0 Å². The van der Waals surface area contributed by atoms with Crippen molar-refractivity contribution in [2.75, 3.05) is 6.61 Å². The second-order valence-corrected chi connectivity index (χ2v) is 7.44. The van der Waals surface area contributed by atoms with E-state index in [1.807, 2.05) is 6.92 Å². The van der Waals surface area contributed by atoms with Gasteiger partial charge in [-0.1, -0.05) is 48.5 Å². The summed E-state index contributed by atoms with van der Waals surface area (Å²) in [5.74, 6) is -0.0360. The maximum Gasteiger partial charge on any atom is 0.312 e. The van der Waals surface area contributed by atoms with Crippen LogP contribution >= 0.6 is 0 Å². The van der Waals surface area contributed by atoms with Crippen LogP contribution in [-0.2, 0) is 9.53 Å². The second-order valence-electron chi connectivity index (χ2n) is 7.44. The average molecular weight is 256 g/mol. The first-order valence-corrected chi connectivity index (χ1v) is 7.17. The van der Waals surface area contributed by atoms with Gasteiger partial charge >= 0.3 is 5.97 Å². The largest absolute Gasteiger partial charge is 0.465 e. The molecule has 0 N–H and O–H groups in total. The number of carbonyl (C=O) groups is 1. The second kappa shape index (κ2) is 6.08. The van der Waals surface area contributed by atoms with Crippen LogP contribution in [0, 0.1) is 16.2 Å². The van der Waals surface area contributed by atoms with Crippen molar-refractivity contribution in [3.8, 4) is 0 Å². The van der Waals surface area contributed by atoms with Crippen molar-refractivity contribution in [1.29, 1.82) is 0 Å². The van der Waals surface area contributed by atoms with Gasteiger partial charge in [0.25, 0.3) is 0 Å². The molecule has 0 aliphatic carbocycles. The number of rotatable bonds is 6. The molecule has 0 amide bonds. The van der Waals surface area contributed by atoms with Crippen molar-refractivity contribution in [3.05, 3.63) is 0 Å². The van der Waals surface area contributed by atoms with Crippen LogP contribution in [0.25, 0.3) is 0 Å². The lowest BCUT2D eigenvalue weighted by molar-refractivity contribution is -0.166. The molecule has 2 nitrogen and oxygen atoms in total. The van der Waals surface area contributed by atoms with E-state index in [1.54, 1.807) is 0 Å². The first-order valence-electron chi connectivity index (χ1n) is 7.17. The number of hydrogen-bond acceptors (Lipinski definition) is 2. The third-order valence-electron chi connectivity index (χ3n) is 4.15. The Morgan fingerprint density at radius 3 is 1.83 bits per heavy atom. The molecule has 1 unspecified atom stereocenters. The minimum atomic E-state index is -0.421. The third kappa shape index (κ3) is 4.29. The zero-order valence-corrected chi connectivity index (χ0v) is 13.6. The Morgan fingerprint density at radius 1 is 1.00 bits per heavy atom. The Labute approximate surface area is 113 Å². The molecular weight excluding hydrogens is 224 g/mol. The molecular formula is C16H32O2. The van der Waals surface area contributed by atoms with Gasteiger partial charge in [-0.3, -0.25) is 4.79 Å². The zero-order valence-electron chi connectivity index (χ0n) is 13.6. The molecule has 0 radical (unpaired) electrons. The monoisotopic (exact) mass is 256 g/mol. The van der Waals surface area contributed by atoms with Crippen LogP contribution in [-0.4, -0.2) is 12.6 Å². The molecule has 1 atom stereocenters. The summed E-state index contributed by atoms with van der Waals surface area (Å²) in [6, 6.07) is 0. The van der Waals surface area contributed by atoms with Gasteiger partial charge in [0.05, 0.1) is 12.0 Å². The molecule has 18 heavy (non-hydrogen) atoms. The van der Waals surface area contributed by atoms with Gasteiger partial charge in [0, 0.05) is 0 Å². The average Bonchev–Trinajstić information content (AvgIpc) is 2.22. The van der Waals surface area contributed by atoms with Gasteiger partial charge in [-0.05, 0) is 37.0 Å². The van der Waals surface area contributed by atoms with Gasteiger partial charge in [-0.15, -0.1) is 0 Å². The fourth-order valence-corrected chi connectivity index (χ4v) is 2.39. The van der Waals surface area contributed by atoms with Gasteiger partial charge in [-0.2, -0.15) is 0 Å². The van der Waals surface area contributed by atoms with Gasteiger partial charge in [0.15, 0.2) is 0 Å². The van der Waals surface area contributed by atoms with Crippen molar-refractivity contribution in [2.24, 2.45) is 16.2 Å². The molecule has 0 fully saturated rings. The molecule has 0 aromatic rings. The molecule has 108 valence electrons. The Kier molecular flexibility index (Phi) is 5.90. The first kappa shape index (κ1) is 17.5. The van der Waals surface area contributed by atoms with Gasteiger partial charge in [-0.25, -0.2) is 0 Å². The lowest BCUT2D eigenvalue weighted by Gasteiger charge is -2.45. The summed E-state index contributed by atoms with van der Waals surface area (Å²) < 4.78 is 5.45. The van der Waals surface area contributed by atoms with Crippen LogP contribution in [0.1, 0.15) is 74.7 Å². The molecule has 0 aromatic carbocycles. The summed E-state index contributed by atoms with van der Waals surface area (Å²) >= 11 is 0. The molecule has 0 bridgehead atoms. The molecule has 0 spiro atoms. The highest BCUT2D eigenvalue weighted by atomic mass is 16.5.